The van der Waals surface area contributed by atoms with E-state index in [1.54, 1.807) is 13.2 Å². The summed E-state index contributed by atoms with van der Waals surface area (Å²) in [5.41, 5.74) is 1.59. The molecule has 0 bridgehead atoms. The molecule has 3 nitrogen and oxygen atoms in total. The molecule has 0 atom stereocenters. The van der Waals surface area contributed by atoms with Crippen molar-refractivity contribution in [3.8, 4) is 11.8 Å². The van der Waals surface area contributed by atoms with Gasteiger partial charge in [0.05, 0.1) is 6.61 Å². The molecule has 0 spiro atoms. The SMILES string of the molecule is CCN(CCOC)Cc1ccc(F)cc1C#CCO. The fraction of sp³-hybridized carbons (Fsp3) is 0.467. The summed E-state index contributed by atoms with van der Waals surface area (Å²) in [6, 6.07) is 4.58. The minimum atomic E-state index is -0.314. The Bertz CT molecular complexity index is 451. The first-order valence-corrected chi connectivity index (χ1v) is 6.30. The molecule has 0 aliphatic rings. The second-order valence-corrected chi connectivity index (χ2v) is 4.12. The van der Waals surface area contributed by atoms with Gasteiger partial charge in [-0.1, -0.05) is 24.8 Å². The van der Waals surface area contributed by atoms with Crippen LogP contribution in [0.2, 0.25) is 0 Å². The normalized spacial score (nSPS) is 10.4. The average Bonchev–Trinajstić information content (AvgIpc) is 2.43. The van der Waals surface area contributed by atoms with Crippen LogP contribution in [0.15, 0.2) is 18.2 Å². The molecule has 104 valence electrons. The van der Waals surface area contributed by atoms with Crippen LogP contribution in [0.3, 0.4) is 0 Å². The van der Waals surface area contributed by atoms with E-state index in [1.807, 2.05) is 0 Å². The van der Waals surface area contributed by atoms with Gasteiger partial charge in [-0.3, -0.25) is 4.90 Å². The van der Waals surface area contributed by atoms with Crippen LogP contribution in [-0.2, 0) is 11.3 Å². The zero-order chi connectivity index (χ0) is 14.1. The number of aliphatic hydroxyl groups is 1. The van der Waals surface area contributed by atoms with E-state index < -0.39 is 0 Å². The summed E-state index contributed by atoms with van der Waals surface area (Å²) in [6.45, 7) is 4.89. The van der Waals surface area contributed by atoms with Gasteiger partial charge in [0.2, 0.25) is 0 Å². The number of halogens is 1. The second-order valence-electron chi connectivity index (χ2n) is 4.12. The highest BCUT2D eigenvalue weighted by atomic mass is 19.1. The lowest BCUT2D eigenvalue weighted by molar-refractivity contribution is 0.147. The van der Waals surface area contributed by atoms with Crippen molar-refractivity contribution < 1.29 is 14.2 Å². The fourth-order valence-corrected chi connectivity index (χ4v) is 1.75. The van der Waals surface area contributed by atoms with Gasteiger partial charge in [0.1, 0.15) is 12.4 Å². The molecular weight excluding hydrogens is 245 g/mol. The Balaban J connectivity index is 2.86. The monoisotopic (exact) mass is 265 g/mol. The number of hydrogen-bond acceptors (Lipinski definition) is 3. The Labute approximate surface area is 114 Å². The molecule has 0 aliphatic carbocycles. The maximum atomic E-state index is 13.2. The third kappa shape index (κ3) is 5.39. The van der Waals surface area contributed by atoms with Crippen LogP contribution >= 0.6 is 0 Å². The number of hydrogen-bond donors (Lipinski definition) is 1. The number of nitrogens with zero attached hydrogens (tertiary/aromatic N) is 1. The number of benzene rings is 1. The molecule has 0 fully saturated rings. The number of rotatable bonds is 6. The van der Waals surface area contributed by atoms with Crippen molar-refractivity contribution in [1.29, 1.82) is 0 Å². The fourth-order valence-electron chi connectivity index (χ4n) is 1.75. The van der Waals surface area contributed by atoms with E-state index in [9.17, 15) is 4.39 Å². The van der Waals surface area contributed by atoms with Crippen molar-refractivity contribution in [2.75, 3.05) is 33.4 Å². The van der Waals surface area contributed by atoms with E-state index in [0.717, 1.165) is 18.7 Å². The van der Waals surface area contributed by atoms with Crippen LogP contribution in [0, 0.1) is 17.7 Å². The van der Waals surface area contributed by atoms with Crippen molar-refractivity contribution >= 4 is 0 Å². The summed E-state index contributed by atoms with van der Waals surface area (Å²) in [6.07, 6.45) is 0. The van der Waals surface area contributed by atoms with E-state index in [0.29, 0.717) is 18.7 Å². The third-order valence-corrected chi connectivity index (χ3v) is 2.83. The molecule has 0 saturated heterocycles. The standard InChI is InChI=1S/C15H20FNO2/c1-3-17(8-10-19-2)12-14-6-7-15(16)11-13(14)5-4-9-18/h6-7,11,18H,3,8-10,12H2,1-2H3. The molecule has 1 aromatic rings. The van der Waals surface area contributed by atoms with E-state index in [1.165, 1.54) is 12.1 Å². The maximum absolute atomic E-state index is 13.2. The van der Waals surface area contributed by atoms with E-state index >= 15 is 0 Å². The van der Waals surface area contributed by atoms with Crippen molar-refractivity contribution in [2.24, 2.45) is 0 Å². The van der Waals surface area contributed by atoms with Crippen LogP contribution < -0.4 is 0 Å². The van der Waals surface area contributed by atoms with Crippen molar-refractivity contribution in [2.45, 2.75) is 13.5 Å². The zero-order valence-electron chi connectivity index (χ0n) is 11.4. The zero-order valence-corrected chi connectivity index (χ0v) is 11.4. The Hall–Kier alpha value is -1.41. The molecule has 4 heteroatoms. The molecule has 1 aromatic carbocycles. The summed E-state index contributed by atoms with van der Waals surface area (Å²) in [5, 5.41) is 8.74. The maximum Gasteiger partial charge on any atom is 0.124 e. The molecule has 0 radical (unpaired) electrons. The first kappa shape index (κ1) is 15.6. The minimum Gasteiger partial charge on any atom is -0.384 e. The Morgan fingerprint density at radius 1 is 1.42 bits per heavy atom. The van der Waals surface area contributed by atoms with Gasteiger partial charge < -0.3 is 9.84 Å². The second kappa shape index (κ2) is 8.65. The van der Waals surface area contributed by atoms with Gasteiger partial charge in [0.25, 0.3) is 0 Å². The smallest absolute Gasteiger partial charge is 0.124 e. The summed E-state index contributed by atoms with van der Waals surface area (Å²) >= 11 is 0. The average molecular weight is 265 g/mol. The van der Waals surface area contributed by atoms with Gasteiger partial charge in [0, 0.05) is 25.8 Å². The molecule has 0 heterocycles. The van der Waals surface area contributed by atoms with E-state index in [4.69, 9.17) is 9.84 Å². The van der Waals surface area contributed by atoms with Crippen LogP contribution in [0.5, 0.6) is 0 Å². The Morgan fingerprint density at radius 3 is 2.84 bits per heavy atom. The van der Waals surface area contributed by atoms with Crippen LogP contribution in [0.25, 0.3) is 0 Å². The number of aliphatic hydroxyl groups excluding tert-OH is 1. The molecule has 0 saturated carbocycles. The highest BCUT2D eigenvalue weighted by Gasteiger charge is 2.07. The largest absolute Gasteiger partial charge is 0.384 e. The van der Waals surface area contributed by atoms with Gasteiger partial charge in [-0.15, -0.1) is 0 Å². The van der Waals surface area contributed by atoms with Crippen molar-refractivity contribution in [1.82, 2.24) is 4.90 Å². The van der Waals surface area contributed by atoms with Gasteiger partial charge in [0.15, 0.2) is 0 Å². The van der Waals surface area contributed by atoms with Crippen LogP contribution in [0.1, 0.15) is 18.1 Å². The Morgan fingerprint density at radius 2 is 2.21 bits per heavy atom. The summed E-state index contributed by atoms with van der Waals surface area (Å²) in [7, 11) is 1.67. The summed E-state index contributed by atoms with van der Waals surface area (Å²) in [5.74, 6) is 5.04. The minimum absolute atomic E-state index is 0.225. The Kier molecular flexibility index (Phi) is 7.12. The highest BCUT2D eigenvalue weighted by molar-refractivity contribution is 5.41. The number of methoxy groups -OCH3 is 1. The first-order valence-electron chi connectivity index (χ1n) is 6.30. The van der Waals surface area contributed by atoms with E-state index in [2.05, 4.69) is 23.7 Å². The predicted octanol–water partition coefficient (Wildman–Crippen LogP) is 1.64. The van der Waals surface area contributed by atoms with Gasteiger partial charge in [-0.2, -0.15) is 0 Å². The molecule has 0 aliphatic heterocycles. The lowest BCUT2D eigenvalue weighted by atomic mass is 10.1. The van der Waals surface area contributed by atoms with Crippen molar-refractivity contribution in [3.63, 3.8) is 0 Å². The summed E-state index contributed by atoms with van der Waals surface area (Å²) < 4.78 is 18.3. The quantitative estimate of drug-likeness (QED) is 0.794. The van der Waals surface area contributed by atoms with Crippen LogP contribution in [-0.4, -0.2) is 43.4 Å². The molecule has 0 amide bonds. The predicted molar refractivity (Wildman–Crippen MR) is 73.2 cm³/mol. The van der Waals surface area contributed by atoms with Crippen molar-refractivity contribution in [3.05, 3.63) is 35.1 Å². The van der Waals surface area contributed by atoms with Crippen LogP contribution in [0.4, 0.5) is 4.39 Å². The van der Waals surface area contributed by atoms with Gasteiger partial charge >= 0.3 is 0 Å². The highest BCUT2D eigenvalue weighted by Crippen LogP contribution is 2.13. The lowest BCUT2D eigenvalue weighted by Gasteiger charge is -2.20. The molecule has 0 unspecified atom stereocenters. The first-order chi connectivity index (χ1) is 9.21. The topological polar surface area (TPSA) is 32.7 Å². The molecule has 1 N–H and O–H groups in total. The number of ether oxygens (including phenoxy) is 1. The molecule has 1 rings (SSSR count). The third-order valence-electron chi connectivity index (χ3n) is 2.83. The number of likely N-dealkylation sites (N-methyl/N-ethyl adjacent to an activating group) is 1. The molecule has 0 aromatic heterocycles. The summed E-state index contributed by atoms with van der Waals surface area (Å²) in [4.78, 5) is 2.20. The molecular formula is C15H20FNO2. The van der Waals surface area contributed by atoms with Gasteiger partial charge in [-0.05, 0) is 24.2 Å². The van der Waals surface area contributed by atoms with E-state index in [-0.39, 0.29) is 12.4 Å². The van der Waals surface area contributed by atoms with Gasteiger partial charge in [-0.25, -0.2) is 4.39 Å². The lowest BCUT2D eigenvalue weighted by Crippen LogP contribution is -2.27. The molecule has 19 heavy (non-hydrogen) atoms.